The second kappa shape index (κ2) is 4.29. The van der Waals surface area contributed by atoms with Gasteiger partial charge in [0.2, 0.25) is 0 Å². The molecule has 0 radical (unpaired) electrons. The zero-order valence-corrected chi connectivity index (χ0v) is 8.68. The third kappa shape index (κ3) is 2.58. The number of halogens is 2. The normalized spacial score (nSPS) is 15.5. The van der Waals surface area contributed by atoms with Gasteiger partial charge in [0.25, 0.3) is 0 Å². The zero-order chi connectivity index (χ0) is 10.0. The summed E-state index contributed by atoms with van der Waals surface area (Å²) in [5, 5.41) is 10.4. The molecule has 2 atom stereocenters. The Balaban J connectivity index is 3.05. The first-order chi connectivity index (χ1) is 6.02. The van der Waals surface area contributed by atoms with Crippen molar-refractivity contribution in [1.29, 1.82) is 0 Å². The van der Waals surface area contributed by atoms with Crippen LogP contribution < -0.4 is 5.73 Å². The van der Waals surface area contributed by atoms with E-state index in [2.05, 4.69) is 0 Å². The van der Waals surface area contributed by atoms with Crippen LogP contribution in [0.3, 0.4) is 0 Å². The molecule has 13 heavy (non-hydrogen) atoms. The first-order valence-corrected chi connectivity index (χ1v) is 4.66. The van der Waals surface area contributed by atoms with Gasteiger partial charge in [0.15, 0.2) is 0 Å². The first kappa shape index (κ1) is 10.8. The van der Waals surface area contributed by atoms with Gasteiger partial charge in [-0.15, -0.1) is 0 Å². The van der Waals surface area contributed by atoms with Gasteiger partial charge in [0, 0.05) is 10.0 Å². The van der Waals surface area contributed by atoms with E-state index in [4.69, 9.17) is 28.9 Å². The summed E-state index contributed by atoms with van der Waals surface area (Å²) in [7, 11) is 0. The van der Waals surface area contributed by atoms with Crippen LogP contribution in [0.25, 0.3) is 0 Å². The SMILES string of the molecule is C[C@H](O)[C@@H](N)c1cc(Cl)ccc1Cl. The highest BCUT2D eigenvalue weighted by atomic mass is 35.5. The van der Waals surface area contributed by atoms with Gasteiger partial charge in [0.05, 0.1) is 12.1 Å². The van der Waals surface area contributed by atoms with Gasteiger partial charge in [-0.05, 0) is 30.7 Å². The van der Waals surface area contributed by atoms with Gasteiger partial charge in [0.1, 0.15) is 0 Å². The first-order valence-electron chi connectivity index (χ1n) is 3.91. The van der Waals surface area contributed by atoms with Crippen molar-refractivity contribution in [2.45, 2.75) is 19.1 Å². The van der Waals surface area contributed by atoms with E-state index in [9.17, 15) is 5.11 Å². The smallest absolute Gasteiger partial charge is 0.0705 e. The predicted octanol–water partition coefficient (Wildman–Crippen LogP) is 2.37. The number of benzene rings is 1. The fourth-order valence-electron chi connectivity index (χ4n) is 1.03. The highest BCUT2D eigenvalue weighted by molar-refractivity contribution is 6.33. The highest BCUT2D eigenvalue weighted by Crippen LogP contribution is 2.26. The molecular formula is C9H11Cl2NO. The number of aliphatic hydroxyl groups is 1. The third-order valence-electron chi connectivity index (χ3n) is 1.84. The number of aliphatic hydroxyl groups excluding tert-OH is 1. The molecule has 0 fully saturated rings. The van der Waals surface area contributed by atoms with Crippen LogP contribution in [0.15, 0.2) is 18.2 Å². The molecule has 0 heterocycles. The molecule has 0 aliphatic rings. The number of hydrogen-bond acceptors (Lipinski definition) is 2. The molecule has 3 N–H and O–H groups in total. The Kier molecular flexibility index (Phi) is 3.56. The summed E-state index contributed by atoms with van der Waals surface area (Å²) in [5.41, 5.74) is 6.38. The molecule has 0 saturated heterocycles. The molecule has 0 saturated carbocycles. The van der Waals surface area contributed by atoms with Crippen molar-refractivity contribution < 1.29 is 5.11 Å². The Morgan fingerprint density at radius 3 is 2.54 bits per heavy atom. The number of hydrogen-bond donors (Lipinski definition) is 2. The van der Waals surface area contributed by atoms with Crippen molar-refractivity contribution in [1.82, 2.24) is 0 Å². The molecule has 1 rings (SSSR count). The monoisotopic (exact) mass is 219 g/mol. The maximum absolute atomic E-state index is 9.26. The van der Waals surface area contributed by atoms with Gasteiger partial charge >= 0.3 is 0 Å². The zero-order valence-electron chi connectivity index (χ0n) is 7.17. The summed E-state index contributed by atoms with van der Waals surface area (Å²) in [6.45, 7) is 1.61. The lowest BCUT2D eigenvalue weighted by Gasteiger charge is -2.16. The van der Waals surface area contributed by atoms with Crippen molar-refractivity contribution in [3.05, 3.63) is 33.8 Å². The van der Waals surface area contributed by atoms with Gasteiger partial charge < -0.3 is 10.8 Å². The molecule has 0 bridgehead atoms. The van der Waals surface area contributed by atoms with Crippen molar-refractivity contribution in [2.75, 3.05) is 0 Å². The molecule has 0 aliphatic carbocycles. The fourth-order valence-corrected chi connectivity index (χ4v) is 1.45. The summed E-state index contributed by atoms with van der Waals surface area (Å²) >= 11 is 11.7. The second-order valence-corrected chi connectivity index (χ2v) is 3.78. The van der Waals surface area contributed by atoms with E-state index >= 15 is 0 Å². The minimum atomic E-state index is -0.643. The molecule has 0 amide bonds. The minimum Gasteiger partial charge on any atom is -0.391 e. The third-order valence-corrected chi connectivity index (χ3v) is 2.42. The molecule has 4 heteroatoms. The lowest BCUT2D eigenvalue weighted by molar-refractivity contribution is 0.164. The topological polar surface area (TPSA) is 46.2 Å². The van der Waals surface area contributed by atoms with E-state index in [1.54, 1.807) is 25.1 Å². The van der Waals surface area contributed by atoms with E-state index in [1.807, 2.05) is 0 Å². The number of nitrogens with two attached hydrogens (primary N) is 1. The van der Waals surface area contributed by atoms with Crippen LogP contribution in [0, 0.1) is 0 Å². The summed E-state index contributed by atoms with van der Waals surface area (Å²) in [5.74, 6) is 0. The molecule has 0 aliphatic heterocycles. The molecule has 0 spiro atoms. The van der Waals surface area contributed by atoms with Crippen LogP contribution >= 0.6 is 23.2 Å². The van der Waals surface area contributed by atoms with Gasteiger partial charge in [-0.3, -0.25) is 0 Å². The predicted molar refractivity (Wildman–Crippen MR) is 55.1 cm³/mol. The molecule has 2 nitrogen and oxygen atoms in total. The lowest BCUT2D eigenvalue weighted by atomic mass is 10.0. The summed E-state index contributed by atoms with van der Waals surface area (Å²) in [4.78, 5) is 0. The molecule has 1 aromatic rings. The largest absolute Gasteiger partial charge is 0.391 e. The highest BCUT2D eigenvalue weighted by Gasteiger charge is 2.15. The second-order valence-electron chi connectivity index (χ2n) is 2.93. The quantitative estimate of drug-likeness (QED) is 0.803. The molecular weight excluding hydrogens is 209 g/mol. The van der Waals surface area contributed by atoms with Crippen molar-refractivity contribution in [3.8, 4) is 0 Å². The van der Waals surface area contributed by atoms with E-state index in [0.717, 1.165) is 0 Å². The van der Waals surface area contributed by atoms with Crippen LogP contribution in [-0.4, -0.2) is 11.2 Å². The van der Waals surface area contributed by atoms with Crippen molar-refractivity contribution in [3.63, 3.8) is 0 Å². The Morgan fingerprint density at radius 1 is 1.38 bits per heavy atom. The van der Waals surface area contributed by atoms with Gasteiger partial charge in [-0.1, -0.05) is 23.2 Å². The van der Waals surface area contributed by atoms with E-state index in [-0.39, 0.29) is 0 Å². The molecule has 0 aromatic heterocycles. The standard InChI is InChI=1S/C9H11Cl2NO/c1-5(13)9(12)7-4-6(10)2-3-8(7)11/h2-5,9,13H,12H2,1H3/t5-,9+/m0/s1. The maximum atomic E-state index is 9.26. The van der Waals surface area contributed by atoms with Crippen LogP contribution in [0.2, 0.25) is 10.0 Å². The van der Waals surface area contributed by atoms with Gasteiger partial charge in [-0.2, -0.15) is 0 Å². The molecule has 0 unspecified atom stereocenters. The maximum Gasteiger partial charge on any atom is 0.0705 e. The average Bonchev–Trinajstić information content (AvgIpc) is 2.08. The Hall–Kier alpha value is -0.280. The Labute approximate surface area is 87.3 Å². The number of rotatable bonds is 2. The van der Waals surface area contributed by atoms with Crippen LogP contribution in [-0.2, 0) is 0 Å². The fraction of sp³-hybridized carbons (Fsp3) is 0.333. The van der Waals surface area contributed by atoms with Crippen molar-refractivity contribution >= 4 is 23.2 Å². The molecule has 72 valence electrons. The average molecular weight is 220 g/mol. The van der Waals surface area contributed by atoms with Crippen molar-refractivity contribution in [2.24, 2.45) is 5.73 Å². The lowest BCUT2D eigenvalue weighted by Crippen LogP contribution is -2.23. The summed E-state index contributed by atoms with van der Waals surface area (Å²) in [6.07, 6.45) is -0.643. The Bertz CT molecular complexity index is 302. The molecule has 1 aromatic carbocycles. The van der Waals surface area contributed by atoms with Gasteiger partial charge in [-0.25, -0.2) is 0 Å². The van der Waals surface area contributed by atoms with Crippen LogP contribution in [0.1, 0.15) is 18.5 Å². The van der Waals surface area contributed by atoms with Crippen LogP contribution in [0.5, 0.6) is 0 Å². The van der Waals surface area contributed by atoms with E-state index in [1.165, 1.54) is 0 Å². The van der Waals surface area contributed by atoms with E-state index < -0.39 is 12.1 Å². The van der Waals surface area contributed by atoms with E-state index in [0.29, 0.717) is 15.6 Å². The summed E-state index contributed by atoms with van der Waals surface area (Å²) in [6, 6.07) is 4.52. The van der Waals surface area contributed by atoms with Crippen LogP contribution in [0.4, 0.5) is 0 Å². The minimum absolute atomic E-state index is 0.494. The Morgan fingerprint density at radius 2 is 2.00 bits per heavy atom. The summed E-state index contributed by atoms with van der Waals surface area (Å²) < 4.78 is 0.